The second-order valence-electron chi connectivity index (χ2n) is 3.90. The van der Waals surface area contributed by atoms with Crippen molar-refractivity contribution in [3.8, 4) is 0 Å². The maximum Gasteiger partial charge on any atom is 0.288 e. The molecule has 0 aliphatic rings. The van der Waals surface area contributed by atoms with Gasteiger partial charge in [0, 0.05) is 12.3 Å². The number of aromatic nitrogens is 1. The summed E-state index contributed by atoms with van der Waals surface area (Å²) in [4.78, 5) is 26.2. The fraction of sp³-hybridized carbons (Fsp3) is 0.0769. The van der Waals surface area contributed by atoms with Gasteiger partial charge in [0.2, 0.25) is 0 Å². The molecule has 1 aromatic heterocycles. The Morgan fingerprint density at radius 1 is 1.30 bits per heavy atom. The van der Waals surface area contributed by atoms with E-state index < -0.39 is 10.8 Å². The van der Waals surface area contributed by atoms with Crippen molar-refractivity contribution >= 4 is 23.2 Å². The lowest BCUT2D eigenvalue weighted by atomic mass is 10.2. The van der Waals surface area contributed by atoms with Crippen molar-refractivity contribution in [3.05, 3.63) is 69.0 Å². The van der Waals surface area contributed by atoms with Crippen LogP contribution in [-0.2, 0) is 6.54 Å². The van der Waals surface area contributed by atoms with E-state index in [9.17, 15) is 14.9 Å². The number of nitrogens with zero attached hydrogens (tertiary/aromatic N) is 2. The third-order valence-electron chi connectivity index (χ3n) is 2.58. The summed E-state index contributed by atoms with van der Waals surface area (Å²) >= 11 is 5.86. The molecule has 0 aliphatic carbocycles. The highest BCUT2D eigenvalue weighted by atomic mass is 35.5. The number of carbonyl (C=O) groups excluding carboxylic acids is 1. The lowest BCUT2D eigenvalue weighted by Crippen LogP contribution is -2.23. The van der Waals surface area contributed by atoms with Gasteiger partial charge in [-0.15, -0.1) is 0 Å². The number of nitro benzene ring substituents is 1. The van der Waals surface area contributed by atoms with Crippen LogP contribution in [0.25, 0.3) is 0 Å². The second kappa shape index (κ2) is 6.12. The molecular formula is C13H10ClN3O3. The average Bonchev–Trinajstić information content (AvgIpc) is 2.46. The number of hydrogen-bond donors (Lipinski definition) is 1. The third kappa shape index (κ3) is 3.10. The molecule has 0 spiro atoms. The van der Waals surface area contributed by atoms with Crippen LogP contribution in [0, 0.1) is 10.1 Å². The Kier molecular flexibility index (Phi) is 4.27. The number of hydrogen-bond acceptors (Lipinski definition) is 4. The molecule has 0 radical (unpaired) electrons. The normalized spacial score (nSPS) is 10.1. The van der Waals surface area contributed by atoms with Gasteiger partial charge in [0.25, 0.3) is 11.6 Å². The van der Waals surface area contributed by atoms with Crippen molar-refractivity contribution in [1.29, 1.82) is 0 Å². The number of nitro groups is 1. The van der Waals surface area contributed by atoms with Gasteiger partial charge in [0.15, 0.2) is 0 Å². The van der Waals surface area contributed by atoms with E-state index in [1.165, 1.54) is 18.2 Å². The molecule has 1 aromatic carbocycles. The van der Waals surface area contributed by atoms with Crippen molar-refractivity contribution in [3.63, 3.8) is 0 Å². The molecule has 1 amide bonds. The molecule has 20 heavy (non-hydrogen) atoms. The lowest BCUT2D eigenvalue weighted by Gasteiger charge is -2.06. The summed E-state index contributed by atoms with van der Waals surface area (Å²) in [5, 5.41) is 13.2. The molecule has 0 fully saturated rings. The van der Waals surface area contributed by atoms with E-state index >= 15 is 0 Å². The summed E-state index contributed by atoms with van der Waals surface area (Å²) in [6, 6.07) is 9.42. The quantitative estimate of drug-likeness (QED) is 0.693. The highest BCUT2D eigenvalue weighted by Gasteiger charge is 2.19. The fourth-order valence-corrected chi connectivity index (χ4v) is 1.89. The zero-order valence-corrected chi connectivity index (χ0v) is 11.0. The Morgan fingerprint density at radius 2 is 2.10 bits per heavy atom. The SMILES string of the molecule is O=C(NCc1ccccn1)c1cccc([N+](=O)[O-])c1Cl. The van der Waals surface area contributed by atoms with E-state index in [-0.39, 0.29) is 22.8 Å². The fourth-order valence-electron chi connectivity index (χ4n) is 1.60. The predicted octanol–water partition coefficient (Wildman–Crippen LogP) is 2.57. The number of amides is 1. The first kappa shape index (κ1) is 14.0. The number of carbonyl (C=O) groups is 1. The summed E-state index contributed by atoms with van der Waals surface area (Å²) in [6.07, 6.45) is 1.61. The standard InChI is InChI=1S/C13H10ClN3O3/c14-12-10(5-3-6-11(12)17(19)20)13(18)16-8-9-4-1-2-7-15-9/h1-7H,8H2,(H,16,18). The van der Waals surface area contributed by atoms with Crippen LogP contribution in [0.4, 0.5) is 5.69 Å². The summed E-state index contributed by atoms with van der Waals surface area (Å²) in [5.74, 6) is -0.482. The summed E-state index contributed by atoms with van der Waals surface area (Å²) in [6.45, 7) is 0.221. The smallest absolute Gasteiger partial charge is 0.288 e. The van der Waals surface area contributed by atoms with Crippen LogP contribution in [0.2, 0.25) is 5.02 Å². The zero-order valence-electron chi connectivity index (χ0n) is 10.2. The average molecular weight is 292 g/mol. The second-order valence-corrected chi connectivity index (χ2v) is 4.28. The van der Waals surface area contributed by atoms with E-state index in [2.05, 4.69) is 10.3 Å². The van der Waals surface area contributed by atoms with E-state index in [0.717, 1.165) is 0 Å². The number of nitrogens with one attached hydrogen (secondary N) is 1. The van der Waals surface area contributed by atoms with Crippen LogP contribution in [0.15, 0.2) is 42.6 Å². The van der Waals surface area contributed by atoms with Crippen molar-refractivity contribution in [2.45, 2.75) is 6.54 Å². The van der Waals surface area contributed by atoms with Crippen LogP contribution in [-0.4, -0.2) is 15.8 Å². The first-order chi connectivity index (χ1) is 9.59. The van der Waals surface area contributed by atoms with Gasteiger partial charge in [-0.2, -0.15) is 0 Å². The van der Waals surface area contributed by atoms with Crippen LogP contribution in [0.1, 0.15) is 16.1 Å². The lowest BCUT2D eigenvalue weighted by molar-refractivity contribution is -0.384. The van der Waals surface area contributed by atoms with Gasteiger partial charge in [-0.1, -0.05) is 23.7 Å². The monoisotopic (exact) mass is 291 g/mol. The van der Waals surface area contributed by atoms with Crippen molar-refractivity contribution < 1.29 is 9.72 Å². The number of pyridine rings is 1. The number of halogens is 1. The van der Waals surface area contributed by atoms with Crippen LogP contribution in [0.5, 0.6) is 0 Å². The number of rotatable bonds is 4. The third-order valence-corrected chi connectivity index (χ3v) is 2.97. The first-order valence-electron chi connectivity index (χ1n) is 5.70. The van der Waals surface area contributed by atoms with Crippen molar-refractivity contribution in [1.82, 2.24) is 10.3 Å². The largest absolute Gasteiger partial charge is 0.346 e. The van der Waals surface area contributed by atoms with E-state index in [1.54, 1.807) is 24.4 Å². The molecular weight excluding hydrogens is 282 g/mol. The van der Waals surface area contributed by atoms with Gasteiger partial charge < -0.3 is 5.32 Å². The van der Waals surface area contributed by atoms with Gasteiger partial charge in [-0.05, 0) is 18.2 Å². The zero-order chi connectivity index (χ0) is 14.5. The van der Waals surface area contributed by atoms with Gasteiger partial charge in [0.05, 0.1) is 22.7 Å². The Morgan fingerprint density at radius 3 is 2.75 bits per heavy atom. The van der Waals surface area contributed by atoms with Gasteiger partial charge >= 0.3 is 0 Å². The summed E-state index contributed by atoms with van der Waals surface area (Å²) in [5.41, 5.74) is 0.455. The molecule has 7 heteroatoms. The Bertz CT molecular complexity index is 647. The van der Waals surface area contributed by atoms with Crippen LogP contribution >= 0.6 is 11.6 Å². The minimum Gasteiger partial charge on any atom is -0.346 e. The van der Waals surface area contributed by atoms with Crippen molar-refractivity contribution in [2.75, 3.05) is 0 Å². The topological polar surface area (TPSA) is 85.1 Å². The highest BCUT2D eigenvalue weighted by Crippen LogP contribution is 2.27. The maximum atomic E-state index is 12.0. The molecule has 0 aliphatic heterocycles. The molecule has 2 aromatic rings. The number of benzene rings is 1. The minimum absolute atomic E-state index is 0.0665. The van der Waals surface area contributed by atoms with E-state index in [4.69, 9.17) is 11.6 Å². The van der Waals surface area contributed by atoms with Gasteiger partial charge in [-0.3, -0.25) is 19.9 Å². The molecule has 2 rings (SSSR count). The minimum atomic E-state index is -0.627. The van der Waals surface area contributed by atoms with Crippen LogP contribution < -0.4 is 5.32 Å². The molecule has 0 saturated carbocycles. The van der Waals surface area contributed by atoms with Gasteiger partial charge in [0.1, 0.15) is 5.02 Å². The summed E-state index contributed by atoms with van der Waals surface area (Å²) < 4.78 is 0. The molecule has 0 bridgehead atoms. The Labute approximate surface area is 119 Å². The van der Waals surface area contributed by atoms with Gasteiger partial charge in [-0.25, -0.2) is 0 Å². The Balaban J connectivity index is 2.14. The molecule has 1 heterocycles. The molecule has 0 saturated heterocycles. The molecule has 6 nitrogen and oxygen atoms in total. The van der Waals surface area contributed by atoms with E-state index in [0.29, 0.717) is 5.69 Å². The predicted molar refractivity (Wildman–Crippen MR) is 73.5 cm³/mol. The van der Waals surface area contributed by atoms with Crippen molar-refractivity contribution in [2.24, 2.45) is 0 Å². The first-order valence-corrected chi connectivity index (χ1v) is 6.08. The van der Waals surface area contributed by atoms with E-state index in [1.807, 2.05) is 0 Å². The van der Waals surface area contributed by atoms with Crippen LogP contribution in [0.3, 0.4) is 0 Å². The molecule has 0 unspecified atom stereocenters. The molecule has 0 atom stereocenters. The maximum absolute atomic E-state index is 12.0. The molecule has 1 N–H and O–H groups in total. The Hall–Kier alpha value is -2.47. The summed E-state index contributed by atoms with van der Waals surface area (Å²) in [7, 11) is 0. The molecule has 102 valence electrons. The highest BCUT2D eigenvalue weighted by molar-refractivity contribution is 6.35.